The molecule has 0 bridgehead atoms. The highest BCUT2D eigenvalue weighted by atomic mass is 32.2. The molecule has 166 valence electrons. The number of nitrogens with zero attached hydrogens (tertiary/aromatic N) is 1. The Bertz CT molecular complexity index is 1090. The van der Waals surface area contributed by atoms with Gasteiger partial charge < -0.3 is 21.3 Å². The molecule has 32 heavy (non-hydrogen) atoms. The summed E-state index contributed by atoms with van der Waals surface area (Å²) >= 11 is 1.80. The second-order valence-electron chi connectivity index (χ2n) is 8.23. The van der Waals surface area contributed by atoms with Crippen molar-refractivity contribution in [2.45, 2.75) is 24.8 Å². The van der Waals surface area contributed by atoms with Gasteiger partial charge >= 0.3 is 0 Å². The molecule has 0 spiro atoms. The number of thioether (sulfide) groups is 1. The minimum absolute atomic E-state index is 0.129. The summed E-state index contributed by atoms with van der Waals surface area (Å²) in [4.78, 5) is 29.0. The van der Waals surface area contributed by atoms with Gasteiger partial charge in [-0.3, -0.25) is 9.59 Å². The summed E-state index contributed by atoms with van der Waals surface area (Å²) in [5.41, 5.74) is 2.49. The van der Waals surface area contributed by atoms with E-state index in [1.165, 1.54) is 6.07 Å². The molecule has 3 aliphatic rings. The lowest BCUT2D eigenvalue weighted by molar-refractivity contribution is 0.0941. The molecule has 2 heterocycles. The number of guanidine groups is 1. The number of aliphatic imine (C=N–C) groups is 1. The predicted molar refractivity (Wildman–Crippen MR) is 124 cm³/mol. The number of rotatable bonds is 6. The van der Waals surface area contributed by atoms with Crippen LogP contribution in [0.1, 0.15) is 45.0 Å². The van der Waals surface area contributed by atoms with Crippen LogP contribution in [0.4, 0.5) is 15.8 Å². The largest absolute Gasteiger partial charge is 0.354 e. The summed E-state index contributed by atoms with van der Waals surface area (Å²) in [7, 11) is 0. The van der Waals surface area contributed by atoms with Crippen molar-refractivity contribution in [1.29, 1.82) is 0 Å². The van der Waals surface area contributed by atoms with E-state index in [1.807, 2.05) is 0 Å². The second kappa shape index (κ2) is 8.82. The minimum atomic E-state index is -0.508. The van der Waals surface area contributed by atoms with E-state index in [1.54, 1.807) is 42.1 Å². The zero-order chi connectivity index (χ0) is 22.1. The van der Waals surface area contributed by atoms with Gasteiger partial charge in [0, 0.05) is 47.5 Å². The average Bonchev–Trinajstić information content (AvgIpc) is 3.48. The molecule has 0 atom stereocenters. The molecule has 3 fully saturated rings. The van der Waals surface area contributed by atoms with Gasteiger partial charge in [-0.1, -0.05) is 6.07 Å². The molecule has 1 aliphatic carbocycles. The highest BCUT2D eigenvalue weighted by Crippen LogP contribution is 2.45. The summed E-state index contributed by atoms with van der Waals surface area (Å²) < 4.78 is 15.2. The fourth-order valence-corrected chi connectivity index (χ4v) is 4.38. The van der Waals surface area contributed by atoms with E-state index in [0.717, 1.165) is 29.9 Å². The second-order valence-corrected chi connectivity index (χ2v) is 9.30. The molecule has 7 nitrogen and oxygen atoms in total. The molecule has 0 radical (unpaired) electrons. The minimum Gasteiger partial charge on any atom is -0.354 e. The molecule has 9 heteroatoms. The molecule has 0 aromatic heterocycles. The fourth-order valence-electron chi connectivity index (χ4n) is 3.74. The van der Waals surface area contributed by atoms with Crippen LogP contribution < -0.4 is 21.3 Å². The van der Waals surface area contributed by atoms with Crippen LogP contribution in [0, 0.1) is 5.82 Å². The van der Waals surface area contributed by atoms with E-state index in [2.05, 4.69) is 26.3 Å². The van der Waals surface area contributed by atoms with Gasteiger partial charge in [0.1, 0.15) is 5.82 Å². The lowest BCUT2D eigenvalue weighted by Gasteiger charge is -2.25. The van der Waals surface area contributed by atoms with Crippen LogP contribution in [0.15, 0.2) is 41.4 Å². The summed E-state index contributed by atoms with van der Waals surface area (Å²) in [6.07, 6.45) is 1.90. The topological polar surface area (TPSA) is 94.6 Å². The van der Waals surface area contributed by atoms with Gasteiger partial charge in [0.2, 0.25) is 0 Å². The van der Waals surface area contributed by atoms with Gasteiger partial charge in [0.15, 0.2) is 5.96 Å². The zero-order valence-electron chi connectivity index (χ0n) is 17.4. The lowest BCUT2D eigenvalue weighted by Crippen LogP contribution is -2.43. The molecule has 2 aliphatic heterocycles. The Morgan fingerprint density at radius 1 is 1.06 bits per heavy atom. The third-order valence-electron chi connectivity index (χ3n) is 5.68. The number of benzene rings is 2. The van der Waals surface area contributed by atoms with Crippen molar-refractivity contribution in [3.05, 3.63) is 58.9 Å². The Kier molecular flexibility index (Phi) is 5.73. The number of halogens is 1. The maximum Gasteiger partial charge on any atom is 0.280 e. The molecule has 2 aromatic rings. The number of hydrogen-bond acceptors (Lipinski definition) is 4. The first-order chi connectivity index (χ1) is 15.6. The molecule has 4 N–H and O–H groups in total. The van der Waals surface area contributed by atoms with Crippen molar-refractivity contribution < 1.29 is 14.0 Å². The van der Waals surface area contributed by atoms with E-state index < -0.39 is 11.7 Å². The molecular formula is C23H24FN5O2S. The molecule has 2 saturated heterocycles. The summed E-state index contributed by atoms with van der Waals surface area (Å²) in [5.74, 6) is 1.37. The molecule has 0 unspecified atom stereocenters. The van der Waals surface area contributed by atoms with Gasteiger partial charge in [0.25, 0.3) is 11.8 Å². The highest BCUT2D eigenvalue weighted by molar-refractivity contribution is 8.00. The maximum atomic E-state index is 15.2. The monoisotopic (exact) mass is 453 g/mol. The molecule has 2 amide bonds. The van der Waals surface area contributed by atoms with Gasteiger partial charge in [-0.15, -0.1) is 0 Å². The van der Waals surface area contributed by atoms with Crippen LogP contribution in [0.3, 0.4) is 0 Å². The van der Waals surface area contributed by atoms with E-state index in [4.69, 9.17) is 0 Å². The van der Waals surface area contributed by atoms with Crippen LogP contribution in [0.25, 0.3) is 0 Å². The molecule has 1 saturated carbocycles. The standard InChI is InChI=1S/C23H24FN5O2S/c24-19-10-15(22(31)29-23-25-6-7-26-23)9-18(13-4-5-13)20(19)27-16-3-1-2-14(8-16)21(30)28-17-11-32-12-17/h1-3,8-10,13,17,27H,4-7,11-12H2,(H,28,30)(H2,25,26,29,31). The Morgan fingerprint density at radius 2 is 1.84 bits per heavy atom. The van der Waals surface area contributed by atoms with Crippen LogP contribution in [-0.4, -0.2) is 48.4 Å². The molecular weight excluding hydrogens is 429 g/mol. The molecule has 2 aromatic carbocycles. The maximum absolute atomic E-state index is 15.2. The third kappa shape index (κ3) is 4.57. The number of carbonyl (C=O) groups is 2. The Morgan fingerprint density at radius 3 is 2.53 bits per heavy atom. The smallest absolute Gasteiger partial charge is 0.280 e. The van der Waals surface area contributed by atoms with Crippen molar-refractivity contribution >= 4 is 40.9 Å². The SMILES string of the molecule is O=C(N=C1NCCN1)c1cc(F)c(Nc2cccc(C(=O)NC3CSC3)c2)c(C2CC2)c1. The number of amides is 2. The van der Waals surface area contributed by atoms with E-state index in [0.29, 0.717) is 36.0 Å². The zero-order valence-corrected chi connectivity index (χ0v) is 18.2. The molecule has 5 rings (SSSR count). The van der Waals surface area contributed by atoms with E-state index >= 15 is 4.39 Å². The normalized spacial score (nSPS) is 17.7. The van der Waals surface area contributed by atoms with Gasteiger partial charge in [-0.05, 0) is 54.7 Å². The van der Waals surface area contributed by atoms with Crippen LogP contribution in [-0.2, 0) is 0 Å². The van der Waals surface area contributed by atoms with E-state index in [9.17, 15) is 9.59 Å². The summed E-state index contributed by atoms with van der Waals surface area (Å²) in [6, 6.07) is 10.2. The van der Waals surface area contributed by atoms with Gasteiger partial charge in [-0.2, -0.15) is 16.8 Å². The van der Waals surface area contributed by atoms with Gasteiger partial charge in [0.05, 0.1) is 5.69 Å². The third-order valence-corrected chi connectivity index (χ3v) is 6.95. The number of hydrogen-bond donors (Lipinski definition) is 4. The Hall–Kier alpha value is -3.07. The summed E-state index contributed by atoms with van der Waals surface area (Å²) in [5, 5.41) is 12.1. The van der Waals surface area contributed by atoms with Crippen LogP contribution in [0.5, 0.6) is 0 Å². The van der Waals surface area contributed by atoms with Crippen LogP contribution >= 0.6 is 11.8 Å². The van der Waals surface area contributed by atoms with Crippen LogP contribution in [0.2, 0.25) is 0 Å². The van der Waals surface area contributed by atoms with Crippen molar-refractivity contribution in [3.8, 4) is 0 Å². The lowest BCUT2D eigenvalue weighted by atomic mass is 10.0. The average molecular weight is 454 g/mol. The van der Waals surface area contributed by atoms with Gasteiger partial charge in [-0.25, -0.2) is 4.39 Å². The first kappa shape index (κ1) is 20.8. The number of anilines is 2. The van der Waals surface area contributed by atoms with Crippen molar-refractivity contribution in [3.63, 3.8) is 0 Å². The Balaban J connectivity index is 1.39. The number of nitrogens with one attached hydrogen (secondary N) is 4. The quantitative estimate of drug-likeness (QED) is 0.537. The number of carbonyl (C=O) groups excluding carboxylic acids is 2. The van der Waals surface area contributed by atoms with E-state index in [-0.39, 0.29) is 23.4 Å². The summed E-state index contributed by atoms with van der Waals surface area (Å²) in [6.45, 7) is 1.40. The predicted octanol–water partition coefficient (Wildman–Crippen LogP) is 2.98. The first-order valence-corrected chi connectivity index (χ1v) is 11.9. The first-order valence-electron chi connectivity index (χ1n) is 10.8. The Labute approximate surface area is 189 Å². The highest BCUT2D eigenvalue weighted by Gasteiger charge is 2.29. The van der Waals surface area contributed by atoms with Crippen molar-refractivity contribution in [2.24, 2.45) is 4.99 Å². The van der Waals surface area contributed by atoms with Crippen molar-refractivity contribution in [2.75, 3.05) is 29.9 Å². The fraction of sp³-hybridized carbons (Fsp3) is 0.348. The van der Waals surface area contributed by atoms with Crippen molar-refractivity contribution in [1.82, 2.24) is 16.0 Å².